The fourth-order valence-electron chi connectivity index (χ4n) is 8.07. The number of aliphatic hydroxyl groups excluding tert-OH is 1. The molecule has 8 atom stereocenters. The molecule has 37 heavy (non-hydrogen) atoms. The smallest absolute Gasteiger partial charge is 0.158 e. The fourth-order valence-corrected chi connectivity index (χ4v) is 8.07. The molecule has 5 fully saturated rings. The lowest BCUT2D eigenvalue weighted by Gasteiger charge is -2.36. The number of carbonyl (C=O) groups is 1. The zero-order chi connectivity index (χ0) is 27.1. The van der Waals surface area contributed by atoms with Crippen LogP contribution < -0.4 is 0 Å². The van der Waals surface area contributed by atoms with Crippen LogP contribution in [0.15, 0.2) is 12.2 Å². The number of hydroxylamine groups is 3. The van der Waals surface area contributed by atoms with Crippen molar-refractivity contribution in [3.05, 3.63) is 12.2 Å². The third-order valence-electron chi connectivity index (χ3n) is 10.2. The molecule has 1 N–H and O–H groups in total. The van der Waals surface area contributed by atoms with Gasteiger partial charge in [0.2, 0.25) is 0 Å². The number of rotatable bonds is 4. The van der Waals surface area contributed by atoms with Gasteiger partial charge in [-0.2, -0.15) is 4.65 Å². The molecule has 5 saturated heterocycles. The van der Waals surface area contributed by atoms with Gasteiger partial charge in [0.05, 0.1) is 19.8 Å². The molecule has 212 valence electrons. The highest BCUT2D eigenvalue weighted by atomic mass is 19.1. The Bertz CT molecular complexity index is 864. The standard InChI is InChI=1S/C11H18FNO2.C9H17FNO.C8H12FN/c1-2-10(15)9-3-4-11(7-14)5-8(12)6-13(9)11;1-9-4-3-5-11(9,12-2)7-8(10)6-9;1-8-3-2-4-10(8)6-7(9)5-8/h8-9,14H,2-7H2,1H3;8H,3-7H2,1-2H3;2-3,7H,4-6H2,1H3/q;+1;. The van der Waals surface area contributed by atoms with E-state index in [0.717, 1.165) is 32.4 Å². The lowest BCUT2D eigenvalue weighted by Crippen LogP contribution is -2.53. The molecule has 0 aromatic heterocycles. The number of carbonyl (C=O) groups excluding carboxylic acids is 1. The van der Waals surface area contributed by atoms with Crippen molar-refractivity contribution in [3.63, 3.8) is 0 Å². The minimum atomic E-state index is -0.885. The average molecular weight is 531 g/mol. The van der Waals surface area contributed by atoms with Crippen molar-refractivity contribution >= 4 is 5.78 Å². The van der Waals surface area contributed by atoms with E-state index in [2.05, 4.69) is 30.9 Å². The van der Waals surface area contributed by atoms with Gasteiger partial charge in [0.1, 0.15) is 36.8 Å². The molecule has 0 aliphatic carbocycles. The molecular weight excluding hydrogens is 483 g/mol. The molecule has 6 aliphatic heterocycles. The van der Waals surface area contributed by atoms with Crippen LogP contribution in [-0.4, -0.2) is 113 Å². The van der Waals surface area contributed by atoms with Crippen LogP contribution >= 0.6 is 0 Å². The van der Waals surface area contributed by atoms with Gasteiger partial charge in [-0.05, 0) is 26.7 Å². The van der Waals surface area contributed by atoms with E-state index in [1.807, 2.05) is 11.8 Å². The van der Waals surface area contributed by atoms with Gasteiger partial charge in [-0.3, -0.25) is 14.6 Å². The molecule has 6 aliphatic rings. The summed E-state index contributed by atoms with van der Waals surface area (Å²) in [6.07, 6.45) is 8.19. The Morgan fingerprint density at radius 3 is 2.46 bits per heavy atom. The van der Waals surface area contributed by atoms with E-state index in [9.17, 15) is 23.1 Å². The van der Waals surface area contributed by atoms with Gasteiger partial charge in [0.15, 0.2) is 6.17 Å². The predicted octanol–water partition coefficient (Wildman–Crippen LogP) is 3.92. The monoisotopic (exact) mass is 530 g/mol. The lowest BCUT2D eigenvalue weighted by atomic mass is 9.95. The molecule has 0 bridgehead atoms. The van der Waals surface area contributed by atoms with Crippen molar-refractivity contribution in [2.24, 2.45) is 0 Å². The second-order valence-electron chi connectivity index (χ2n) is 12.6. The van der Waals surface area contributed by atoms with Crippen molar-refractivity contribution in [3.8, 4) is 0 Å². The summed E-state index contributed by atoms with van der Waals surface area (Å²) in [4.78, 5) is 21.3. The molecule has 6 heterocycles. The Labute approximate surface area is 220 Å². The molecular formula is C28H47F3N3O3+. The molecule has 8 unspecified atom stereocenters. The Morgan fingerprint density at radius 2 is 1.84 bits per heavy atom. The largest absolute Gasteiger partial charge is 0.394 e. The molecule has 6 nitrogen and oxygen atoms in total. The van der Waals surface area contributed by atoms with Crippen LogP contribution in [0.1, 0.15) is 72.1 Å². The number of quaternary nitrogens is 1. The Hall–Kier alpha value is -1.00. The highest BCUT2D eigenvalue weighted by molar-refractivity contribution is 5.84. The molecule has 0 aromatic carbocycles. The zero-order valence-electron chi connectivity index (χ0n) is 23.1. The summed E-state index contributed by atoms with van der Waals surface area (Å²) in [5.41, 5.74) is -0.317. The van der Waals surface area contributed by atoms with Crippen LogP contribution in [0.4, 0.5) is 13.2 Å². The first-order valence-electron chi connectivity index (χ1n) is 14.1. The highest BCUT2D eigenvalue weighted by Crippen LogP contribution is 2.47. The van der Waals surface area contributed by atoms with Gasteiger partial charge in [0.25, 0.3) is 0 Å². The summed E-state index contributed by atoms with van der Waals surface area (Å²) >= 11 is 0. The SMILES string of the molecule is CC12C=CCN1CC(F)C2.CCC(=O)C1CCC2(CO)CC(F)CN12.CO[N+]12CCCC1(C)CC(F)C2. The van der Waals surface area contributed by atoms with E-state index < -0.39 is 24.1 Å². The van der Waals surface area contributed by atoms with Crippen molar-refractivity contribution in [2.75, 3.05) is 46.4 Å². The summed E-state index contributed by atoms with van der Waals surface area (Å²) in [6.45, 7) is 9.52. The quantitative estimate of drug-likeness (QED) is 0.441. The first-order chi connectivity index (χ1) is 17.5. The fraction of sp³-hybridized carbons (Fsp3) is 0.893. The Kier molecular flexibility index (Phi) is 8.52. The average Bonchev–Trinajstić information content (AvgIpc) is 3.62. The molecule has 0 saturated carbocycles. The maximum Gasteiger partial charge on any atom is 0.158 e. The van der Waals surface area contributed by atoms with Crippen molar-refractivity contribution in [2.45, 2.75) is 113 Å². The molecule has 6 rings (SSSR count). The van der Waals surface area contributed by atoms with Crippen molar-refractivity contribution in [1.82, 2.24) is 9.80 Å². The van der Waals surface area contributed by atoms with Crippen LogP contribution in [-0.2, 0) is 9.63 Å². The number of hydrogen-bond acceptors (Lipinski definition) is 5. The maximum absolute atomic E-state index is 13.4. The van der Waals surface area contributed by atoms with Crippen LogP contribution in [0, 0.1) is 0 Å². The number of fused-ring (bicyclic) bond motifs is 3. The van der Waals surface area contributed by atoms with E-state index in [4.69, 9.17) is 4.84 Å². The number of nitrogens with zero attached hydrogens (tertiary/aromatic N) is 3. The summed E-state index contributed by atoms with van der Waals surface area (Å²) in [7, 11) is 1.71. The normalized spacial score (nSPS) is 46.2. The molecule has 9 heteroatoms. The number of alkyl halides is 3. The third kappa shape index (κ3) is 5.28. The molecule has 0 amide bonds. The van der Waals surface area contributed by atoms with Crippen LogP contribution in [0.2, 0.25) is 0 Å². The van der Waals surface area contributed by atoms with Crippen LogP contribution in [0.3, 0.4) is 0 Å². The van der Waals surface area contributed by atoms with E-state index in [1.54, 1.807) is 7.11 Å². The minimum absolute atomic E-state index is 0.0269. The van der Waals surface area contributed by atoms with Gasteiger partial charge in [-0.25, -0.2) is 18.0 Å². The topological polar surface area (TPSA) is 53.0 Å². The summed E-state index contributed by atoms with van der Waals surface area (Å²) in [5.74, 6) is 0.180. The van der Waals surface area contributed by atoms with Gasteiger partial charge < -0.3 is 5.11 Å². The first-order valence-corrected chi connectivity index (χ1v) is 14.1. The summed E-state index contributed by atoms with van der Waals surface area (Å²) < 4.78 is 40.0. The Morgan fingerprint density at radius 1 is 1.11 bits per heavy atom. The predicted molar refractivity (Wildman–Crippen MR) is 137 cm³/mol. The number of hydrogen-bond donors (Lipinski definition) is 1. The van der Waals surface area contributed by atoms with E-state index >= 15 is 0 Å². The summed E-state index contributed by atoms with van der Waals surface area (Å²) in [5, 5.41) is 9.40. The number of halogens is 3. The molecule has 0 aromatic rings. The van der Waals surface area contributed by atoms with Crippen molar-refractivity contribution in [1.29, 1.82) is 0 Å². The Balaban J connectivity index is 0.000000132. The number of Topliss-reactive ketones (excluding diaryl/α,β-unsaturated/α-hetero) is 1. The lowest BCUT2D eigenvalue weighted by molar-refractivity contribution is -1.12. The van der Waals surface area contributed by atoms with E-state index in [1.165, 1.54) is 6.42 Å². The van der Waals surface area contributed by atoms with E-state index in [-0.39, 0.29) is 29.5 Å². The van der Waals surface area contributed by atoms with Crippen LogP contribution in [0.5, 0.6) is 0 Å². The molecule has 0 spiro atoms. The minimum Gasteiger partial charge on any atom is -0.394 e. The van der Waals surface area contributed by atoms with Crippen molar-refractivity contribution < 1.29 is 32.6 Å². The third-order valence-corrected chi connectivity index (χ3v) is 10.2. The van der Waals surface area contributed by atoms with Gasteiger partial charge in [-0.1, -0.05) is 19.1 Å². The second-order valence-corrected chi connectivity index (χ2v) is 12.6. The zero-order valence-corrected chi connectivity index (χ0v) is 23.1. The maximum atomic E-state index is 13.4. The van der Waals surface area contributed by atoms with Gasteiger partial charge in [0, 0.05) is 69.2 Å². The first kappa shape index (κ1) is 29.0. The molecule has 0 radical (unpaired) electrons. The second kappa shape index (κ2) is 10.9. The van der Waals surface area contributed by atoms with Crippen LogP contribution in [0.25, 0.3) is 0 Å². The van der Waals surface area contributed by atoms with E-state index in [0.29, 0.717) is 50.0 Å². The highest BCUT2D eigenvalue weighted by Gasteiger charge is 2.61. The number of ketones is 1. The van der Waals surface area contributed by atoms with Gasteiger partial charge in [-0.15, -0.1) is 0 Å². The number of aliphatic hydroxyl groups is 1. The van der Waals surface area contributed by atoms with Gasteiger partial charge >= 0.3 is 0 Å². The summed E-state index contributed by atoms with van der Waals surface area (Å²) in [6, 6.07) is -0.150.